The van der Waals surface area contributed by atoms with E-state index in [1.165, 1.54) is 16.9 Å². The van der Waals surface area contributed by atoms with Gasteiger partial charge in [0.25, 0.3) is 0 Å². The molecule has 0 spiro atoms. The molecule has 138 valence electrons. The third-order valence-corrected chi connectivity index (χ3v) is 5.41. The summed E-state index contributed by atoms with van der Waals surface area (Å²) in [7, 11) is 0. The van der Waals surface area contributed by atoms with Crippen LogP contribution in [0.4, 0.5) is 0 Å². The summed E-state index contributed by atoms with van der Waals surface area (Å²) in [6.07, 6.45) is 5.64. The second-order valence-corrected chi connectivity index (χ2v) is 7.63. The Kier molecular flexibility index (Phi) is 6.61. The molecule has 5 heteroatoms. The topological polar surface area (TPSA) is 49.8 Å². The molecule has 1 aromatic carbocycles. The summed E-state index contributed by atoms with van der Waals surface area (Å²) in [4.78, 5) is 15.6. The van der Waals surface area contributed by atoms with Gasteiger partial charge in [0.1, 0.15) is 0 Å². The SMILES string of the molecule is Cc1cccc(CN(CC2CCCO2)C(=O)/C=C/c2cc(CO)cs2)c1. The maximum absolute atomic E-state index is 12.8. The van der Waals surface area contributed by atoms with Crippen LogP contribution in [-0.2, 0) is 22.7 Å². The first-order valence-corrected chi connectivity index (χ1v) is 9.84. The highest BCUT2D eigenvalue weighted by Gasteiger charge is 2.21. The smallest absolute Gasteiger partial charge is 0.246 e. The second-order valence-electron chi connectivity index (χ2n) is 6.69. The van der Waals surface area contributed by atoms with Crippen molar-refractivity contribution in [1.82, 2.24) is 4.90 Å². The van der Waals surface area contributed by atoms with Crippen LogP contribution in [0.5, 0.6) is 0 Å². The Bertz CT molecular complexity index is 762. The zero-order chi connectivity index (χ0) is 18.4. The van der Waals surface area contributed by atoms with Crippen molar-refractivity contribution in [2.45, 2.75) is 39.0 Å². The molecule has 1 aliphatic rings. The molecule has 1 N–H and O–H groups in total. The number of amides is 1. The Balaban J connectivity index is 1.71. The van der Waals surface area contributed by atoms with Crippen LogP contribution >= 0.6 is 11.3 Å². The first kappa shape index (κ1) is 18.8. The van der Waals surface area contributed by atoms with E-state index in [9.17, 15) is 4.79 Å². The highest BCUT2D eigenvalue weighted by molar-refractivity contribution is 7.11. The maximum Gasteiger partial charge on any atom is 0.246 e. The lowest BCUT2D eigenvalue weighted by molar-refractivity contribution is -0.128. The van der Waals surface area contributed by atoms with Gasteiger partial charge in [0.15, 0.2) is 0 Å². The number of benzene rings is 1. The molecule has 0 bridgehead atoms. The Labute approximate surface area is 158 Å². The normalized spacial score (nSPS) is 17.1. The van der Waals surface area contributed by atoms with Gasteiger partial charge in [0.2, 0.25) is 5.91 Å². The molecule has 1 aromatic heterocycles. The summed E-state index contributed by atoms with van der Waals surface area (Å²) in [5.41, 5.74) is 3.19. The van der Waals surface area contributed by atoms with Crippen molar-refractivity contribution in [3.8, 4) is 0 Å². The lowest BCUT2D eigenvalue weighted by atomic mass is 10.1. The van der Waals surface area contributed by atoms with E-state index >= 15 is 0 Å². The molecule has 3 rings (SSSR count). The number of rotatable bonds is 7. The van der Waals surface area contributed by atoms with E-state index in [4.69, 9.17) is 9.84 Å². The Morgan fingerprint density at radius 2 is 2.27 bits per heavy atom. The van der Waals surface area contributed by atoms with Crippen LogP contribution in [0, 0.1) is 6.92 Å². The predicted octanol–water partition coefficient (Wildman–Crippen LogP) is 3.77. The van der Waals surface area contributed by atoms with Gasteiger partial charge < -0.3 is 14.7 Å². The third-order valence-electron chi connectivity index (χ3n) is 4.46. The Morgan fingerprint density at radius 1 is 1.38 bits per heavy atom. The average molecular weight is 372 g/mol. The van der Waals surface area contributed by atoms with Gasteiger partial charge in [-0.05, 0) is 48.4 Å². The zero-order valence-electron chi connectivity index (χ0n) is 15.1. The van der Waals surface area contributed by atoms with Crippen molar-refractivity contribution in [2.75, 3.05) is 13.2 Å². The maximum atomic E-state index is 12.8. The number of hydrogen-bond donors (Lipinski definition) is 1. The fourth-order valence-corrected chi connectivity index (χ4v) is 3.92. The van der Waals surface area contributed by atoms with Gasteiger partial charge >= 0.3 is 0 Å². The number of thiophene rings is 1. The number of nitrogens with zero attached hydrogens (tertiary/aromatic N) is 1. The minimum absolute atomic E-state index is 0.0130. The van der Waals surface area contributed by atoms with E-state index in [0.29, 0.717) is 13.1 Å². The minimum atomic E-state index is -0.0130. The van der Waals surface area contributed by atoms with Crippen LogP contribution in [0.3, 0.4) is 0 Å². The van der Waals surface area contributed by atoms with Gasteiger partial charge in [-0.25, -0.2) is 0 Å². The molecule has 0 saturated carbocycles. The number of carbonyl (C=O) groups excluding carboxylic acids is 1. The van der Waals surface area contributed by atoms with Crippen molar-refractivity contribution in [3.05, 3.63) is 63.4 Å². The van der Waals surface area contributed by atoms with Crippen molar-refractivity contribution >= 4 is 23.3 Å². The monoisotopic (exact) mass is 371 g/mol. The molecule has 1 atom stereocenters. The number of carbonyl (C=O) groups is 1. The van der Waals surface area contributed by atoms with Gasteiger partial charge in [-0.1, -0.05) is 29.8 Å². The molecule has 1 amide bonds. The lowest BCUT2D eigenvalue weighted by Gasteiger charge is -2.24. The highest BCUT2D eigenvalue weighted by atomic mass is 32.1. The van der Waals surface area contributed by atoms with Crippen LogP contribution in [0.2, 0.25) is 0 Å². The first-order chi connectivity index (χ1) is 12.6. The number of aliphatic hydroxyl groups excluding tert-OH is 1. The number of ether oxygens (including phenoxy) is 1. The first-order valence-electron chi connectivity index (χ1n) is 8.96. The number of aliphatic hydroxyl groups is 1. The van der Waals surface area contributed by atoms with E-state index in [0.717, 1.165) is 35.5 Å². The lowest BCUT2D eigenvalue weighted by Crippen LogP contribution is -2.35. The van der Waals surface area contributed by atoms with Crippen molar-refractivity contribution in [3.63, 3.8) is 0 Å². The molecular weight excluding hydrogens is 346 g/mol. The summed E-state index contributed by atoms with van der Waals surface area (Å²) in [5.74, 6) is -0.0130. The summed E-state index contributed by atoms with van der Waals surface area (Å²) in [5, 5.41) is 11.1. The molecule has 0 radical (unpaired) electrons. The summed E-state index contributed by atoms with van der Waals surface area (Å²) in [6, 6.07) is 10.2. The van der Waals surface area contributed by atoms with E-state index in [2.05, 4.69) is 25.1 Å². The van der Waals surface area contributed by atoms with Gasteiger partial charge in [-0.2, -0.15) is 0 Å². The van der Waals surface area contributed by atoms with Crippen LogP contribution in [0.25, 0.3) is 6.08 Å². The van der Waals surface area contributed by atoms with E-state index in [-0.39, 0.29) is 18.6 Å². The van der Waals surface area contributed by atoms with Gasteiger partial charge in [0, 0.05) is 30.6 Å². The molecule has 2 heterocycles. The second kappa shape index (κ2) is 9.12. The van der Waals surface area contributed by atoms with E-state index < -0.39 is 0 Å². The molecule has 1 unspecified atom stereocenters. The molecule has 2 aromatic rings. The Hall–Kier alpha value is -1.95. The van der Waals surface area contributed by atoms with E-state index in [1.54, 1.807) is 6.08 Å². The van der Waals surface area contributed by atoms with Crippen molar-refractivity contribution < 1.29 is 14.6 Å². The molecule has 1 saturated heterocycles. The van der Waals surface area contributed by atoms with E-state index in [1.807, 2.05) is 28.5 Å². The fraction of sp³-hybridized carbons (Fsp3) is 0.381. The number of aryl methyl sites for hydroxylation is 1. The predicted molar refractivity (Wildman–Crippen MR) is 105 cm³/mol. The molecule has 26 heavy (non-hydrogen) atoms. The standard InChI is InChI=1S/C21H25NO3S/c1-16-4-2-5-17(10-16)12-22(13-19-6-3-9-25-19)21(24)8-7-20-11-18(14-23)15-26-20/h2,4-5,7-8,10-11,15,19,23H,3,6,9,12-14H2,1H3/b8-7+. The summed E-state index contributed by atoms with van der Waals surface area (Å²) >= 11 is 1.52. The summed E-state index contributed by atoms with van der Waals surface area (Å²) in [6.45, 7) is 4.06. The fourth-order valence-electron chi connectivity index (χ4n) is 3.12. The highest BCUT2D eigenvalue weighted by Crippen LogP contribution is 2.18. The Morgan fingerprint density at radius 3 is 2.96 bits per heavy atom. The summed E-state index contributed by atoms with van der Waals surface area (Å²) < 4.78 is 5.73. The third kappa shape index (κ3) is 5.27. The number of hydrogen-bond acceptors (Lipinski definition) is 4. The largest absolute Gasteiger partial charge is 0.392 e. The van der Waals surface area contributed by atoms with Crippen LogP contribution < -0.4 is 0 Å². The minimum Gasteiger partial charge on any atom is -0.392 e. The van der Waals surface area contributed by atoms with Crippen molar-refractivity contribution in [2.24, 2.45) is 0 Å². The van der Waals surface area contributed by atoms with Crippen molar-refractivity contribution in [1.29, 1.82) is 0 Å². The average Bonchev–Trinajstić information content (AvgIpc) is 3.30. The van der Waals surface area contributed by atoms with Gasteiger partial charge in [-0.3, -0.25) is 4.79 Å². The van der Waals surface area contributed by atoms with Gasteiger partial charge in [-0.15, -0.1) is 11.3 Å². The molecule has 1 aliphatic heterocycles. The molecular formula is C21H25NO3S. The molecule has 1 fully saturated rings. The molecule has 4 nitrogen and oxygen atoms in total. The quantitative estimate of drug-likeness (QED) is 0.754. The van der Waals surface area contributed by atoms with Crippen LogP contribution in [-0.4, -0.2) is 35.2 Å². The zero-order valence-corrected chi connectivity index (χ0v) is 15.9. The van der Waals surface area contributed by atoms with Crippen LogP contribution in [0.15, 0.2) is 41.8 Å². The molecule has 0 aliphatic carbocycles. The van der Waals surface area contributed by atoms with Crippen LogP contribution in [0.1, 0.15) is 34.4 Å². The van der Waals surface area contributed by atoms with Gasteiger partial charge in [0.05, 0.1) is 12.7 Å².